The molecule has 0 saturated heterocycles. The number of nitrogens with zero attached hydrogens (tertiary/aromatic N) is 2. The predicted octanol–water partition coefficient (Wildman–Crippen LogP) is 2.43. The fourth-order valence-corrected chi connectivity index (χ4v) is 2.26. The van der Waals surface area contributed by atoms with Crippen LogP contribution in [0.15, 0.2) is 53.8 Å². The number of H-pyrrole nitrogens is 1. The molecule has 2 N–H and O–H groups in total. The Balaban J connectivity index is 1.81. The molecule has 2 heterocycles. The maximum atomic E-state index is 12.1. The van der Waals surface area contributed by atoms with E-state index >= 15 is 0 Å². The van der Waals surface area contributed by atoms with Crippen LogP contribution in [0.3, 0.4) is 0 Å². The number of anilines is 1. The third-order valence-electron chi connectivity index (χ3n) is 3.72. The number of nitrogens with one attached hydrogen (secondary N) is 2. The molecule has 6 heteroatoms. The molecule has 0 unspecified atom stereocenters. The van der Waals surface area contributed by atoms with Gasteiger partial charge in [-0.25, -0.2) is 4.98 Å². The first-order valence-electron chi connectivity index (χ1n) is 7.15. The quantitative estimate of drug-likeness (QED) is 0.780. The van der Waals surface area contributed by atoms with E-state index in [0.717, 1.165) is 17.1 Å². The lowest BCUT2D eigenvalue weighted by Gasteiger charge is -2.08. The van der Waals surface area contributed by atoms with Crippen LogP contribution in [0, 0.1) is 13.8 Å². The van der Waals surface area contributed by atoms with Crippen LogP contribution in [0.4, 0.5) is 5.69 Å². The Morgan fingerprint density at radius 1 is 1.17 bits per heavy atom. The summed E-state index contributed by atoms with van der Waals surface area (Å²) in [5.74, 6) is -0.436. The molecule has 0 aliphatic carbocycles. The molecule has 0 aliphatic rings. The standard InChI is InChI=1S/C17H16N4O2/c1-11-12(2)21(10-19-11)14-5-3-13(4-6-14)20-17(23)15-9-18-8-7-16(15)22/h3-10H,1-2H3,(H,18,22)(H,20,23). The second-order valence-electron chi connectivity index (χ2n) is 5.21. The van der Waals surface area contributed by atoms with E-state index in [1.807, 2.05) is 30.5 Å². The Hall–Kier alpha value is -3.15. The molecule has 3 rings (SSSR count). The van der Waals surface area contributed by atoms with Crippen LogP contribution >= 0.6 is 0 Å². The second-order valence-corrected chi connectivity index (χ2v) is 5.21. The zero-order chi connectivity index (χ0) is 16.4. The lowest BCUT2D eigenvalue weighted by molar-refractivity contribution is 0.102. The van der Waals surface area contributed by atoms with Gasteiger partial charge in [-0.2, -0.15) is 0 Å². The Kier molecular flexibility index (Phi) is 3.80. The van der Waals surface area contributed by atoms with Crippen molar-refractivity contribution >= 4 is 11.6 Å². The van der Waals surface area contributed by atoms with Gasteiger partial charge in [0.15, 0.2) is 5.43 Å². The summed E-state index contributed by atoms with van der Waals surface area (Å²) in [5, 5.41) is 2.71. The van der Waals surface area contributed by atoms with Crippen molar-refractivity contribution in [3.05, 3.63) is 76.2 Å². The van der Waals surface area contributed by atoms with Gasteiger partial charge in [0.25, 0.3) is 5.91 Å². The van der Waals surface area contributed by atoms with E-state index in [1.54, 1.807) is 18.5 Å². The van der Waals surface area contributed by atoms with Gasteiger partial charge in [-0.3, -0.25) is 9.59 Å². The minimum atomic E-state index is -0.436. The largest absolute Gasteiger partial charge is 0.367 e. The van der Waals surface area contributed by atoms with Gasteiger partial charge < -0.3 is 14.9 Å². The Labute approximate surface area is 132 Å². The summed E-state index contributed by atoms with van der Waals surface area (Å²) in [7, 11) is 0. The first kappa shape index (κ1) is 14.8. The number of amides is 1. The van der Waals surface area contributed by atoms with E-state index in [-0.39, 0.29) is 11.0 Å². The molecule has 0 radical (unpaired) electrons. The molecule has 23 heavy (non-hydrogen) atoms. The number of carbonyl (C=O) groups is 1. The average Bonchev–Trinajstić information content (AvgIpc) is 2.88. The maximum Gasteiger partial charge on any atom is 0.261 e. The van der Waals surface area contributed by atoms with Crippen molar-refractivity contribution in [2.75, 3.05) is 5.32 Å². The van der Waals surface area contributed by atoms with Crippen LogP contribution < -0.4 is 10.7 Å². The van der Waals surface area contributed by atoms with Gasteiger partial charge in [0.05, 0.1) is 12.0 Å². The van der Waals surface area contributed by atoms with Gasteiger partial charge in [-0.05, 0) is 38.1 Å². The molecule has 0 bridgehead atoms. The number of aromatic amines is 1. The number of rotatable bonds is 3. The molecule has 1 aromatic carbocycles. The molecule has 0 fully saturated rings. The van der Waals surface area contributed by atoms with E-state index in [9.17, 15) is 9.59 Å². The smallest absolute Gasteiger partial charge is 0.261 e. The van der Waals surface area contributed by atoms with Crippen molar-refractivity contribution in [1.29, 1.82) is 0 Å². The summed E-state index contributed by atoms with van der Waals surface area (Å²) >= 11 is 0. The van der Waals surface area contributed by atoms with Crippen LogP contribution in [0.25, 0.3) is 5.69 Å². The van der Waals surface area contributed by atoms with Gasteiger partial charge in [-0.15, -0.1) is 0 Å². The molecular formula is C17H16N4O2. The topological polar surface area (TPSA) is 79.8 Å². The molecule has 6 nitrogen and oxygen atoms in total. The van der Waals surface area contributed by atoms with Crippen LogP contribution in [0.2, 0.25) is 0 Å². The Bertz CT molecular complexity index is 907. The number of hydrogen-bond acceptors (Lipinski definition) is 3. The fourth-order valence-electron chi connectivity index (χ4n) is 2.26. The molecule has 3 aromatic rings. The van der Waals surface area contributed by atoms with Gasteiger partial charge >= 0.3 is 0 Å². The zero-order valence-electron chi connectivity index (χ0n) is 12.8. The molecule has 2 aromatic heterocycles. The number of imidazole rings is 1. The predicted molar refractivity (Wildman–Crippen MR) is 88.1 cm³/mol. The van der Waals surface area contributed by atoms with Crippen LogP contribution in [-0.2, 0) is 0 Å². The van der Waals surface area contributed by atoms with Gasteiger partial charge in [-0.1, -0.05) is 0 Å². The summed E-state index contributed by atoms with van der Waals surface area (Å²) in [4.78, 5) is 30.7. The van der Waals surface area contributed by atoms with Gasteiger partial charge in [0.2, 0.25) is 0 Å². The Morgan fingerprint density at radius 2 is 1.91 bits per heavy atom. The number of benzene rings is 1. The summed E-state index contributed by atoms with van der Waals surface area (Å²) in [6.45, 7) is 3.96. The molecule has 1 amide bonds. The summed E-state index contributed by atoms with van der Waals surface area (Å²) < 4.78 is 1.98. The average molecular weight is 308 g/mol. The van der Waals surface area contributed by atoms with Crippen molar-refractivity contribution in [2.45, 2.75) is 13.8 Å². The van der Waals surface area contributed by atoms with E-state index in [1.165, 1.54) is 18.5 Å². The summed E-state index contributed by atoms with van der Waals surface area (Å²) in [6.07, 6.45) is 4.65. The van der Waals surface area contributed by atoms with Crippen molar-refractivity contribution in [3.8, 4) is 5.69 Å². The Morgan fingerprint density at radius 3 is 2.52 bits per heavy atom. The fraction of sp³-hybridized carbons (Fsp3) is 0.118. The van der Waals surface area contributed by atoms with Crippen molar-refractivity contribution in [3.63, 3.8) is 0 Å². The van der Waals surface area contributed by atoms with Gasteiger partial charge in [0.1, 0.15) is 5.56 Å². The lowest BCUT2D eigenvalue weighted by atomic mass is 10.2. The summed E-state index contributed by atoms with van der Waals surface area (Å²) in [6, 6.07) is 8.68. The molecule has 0 saturated carbocycles. The number of aryl methyl sites for hydroxylation is 1. The molecule has 0 aliphatic heterocycles. The van der Waals surface area contributed by atoms with Crippen molar-refractivity contribution in [2.24, 2.45) is 0 Å². The normalized spacial score (nSPS) is 10.5. The van der Waals surface area contributed by atoms with Crippen LogP contribution in [-0.4, -0.2) is 20.4 Å². The zero-order valence-corrected chi connectivity index (χ0v) is 12.8. The number of hydrogen-bond donors (Lipinski definition) is 2. The van der Waals surface area contributed by atoms with Crippen LogP contribution in [0.1, 0.15) is 21.7 Å². The minimum Gasteiger partial charge on any atom is -0.367 e. The van der Waals surface area contributed by atoms with E-state index in [0.29, 0.717) is 5.69 Å². The number of aromatic nitrogens is 3. The molecule has 116 valence electrons. The van der Waals surface area contributed by atoms with E-state index in [2.05, 4.69) is 15.3 Å². The first-order valence-corrected chi connectivity index (χ1v) is 7.15. The van der Waals surface area contributed by atoms with E-state index < -0.39 is 5.91 Å². The van der Waals surface area contributed by atoms with Crippen molar-refractivity contribution < 1.29 is 4.79 Å². The first-order chi connectivity index (χ1) is 11.1. The van der Waals surface area contributed by atoms with E-state index in [4.69, 9.17) is 0 Å². The highest BCUT2D eigenvalue weighted by molar-refractivity contribution is 6.03. The molecular weight excluding hydrogens is 292 g/mol. The second kappa shape index (κ2) is 5.92. The van der Waals surface area contributed by atoms with Gasteiger partial charge in [0, 0.05) is 35.5 Å². The van der Waals surface area contributed by atoms with Crippen LogP contribution in [0.5, 0.6) is 0 Å². The highest BCUT2D eigenvalue weighted by Crippen LogP contribution is 2.17. The highest BCUT2D eigenvalue weighted by Gasteiger charge is 2.10. The third-order valence-corrected chi connectivity index (χ3v) is 3.72. The number of pyridine rings is 1. The van der Waals surface area contributed by atoms with Crippen molar-refractivity contribution in [1.82, 2.24) is 14.5 Å². The summed E-state index contributed by atoms with van der Waals surface area (Å²) in [5.41, 5.74) is 3.39. The number of carbonyl (C=O) groups excluding carboxylic acids is 1. The molecule has 0 spiro atoms. The monoisotopic (exact) mass is 308 g/mol. The third kappa shape index (κ3) is 2.91. The maximum absolute atomic E-state index is 12.1. The molecule has 0 atom stereocenters. The highest BCUT2D eigenvalue weighted by atomic mass is 16.2. The minimum absolute atomic E-state index is 0.0812. The lowest BCUT2D eigenvalue weighted by Crippen LogP contribution is -2.20. The SMILES string of the molecule is Cc1ncn(-c2ccc(NC(=O)c3c[nH]ccc3=O)cc2)c1C.